The van der Waals surface area contributed by atoms with Gasteiger partial charge in [-0.1, -0.05) is 54.4 Å². The molecule has 0 aliphatic carbocycles. The van der Waals surface area contributed by atoms with Crippen molar-refractivity contribution in [2.45, 2.75) is 43.5 Å². The Hall–Kier alpha value is -1.98. The van der Waals surface area contributed by atoms with Gasteiger partial charge in [0.05, 0.1) is 4.90 Å². The summed E-state index contributed by atoms with van der Waals surface area (Å²) in [6.45, 7) is 2.40. The molecule has 1 heterocycles. The molecule has 1 aliphatic rings. The van der Waals surface area contributed by atoms with E-state index in [2.05, 4.69) is 0 Å². The van der Waals surface area contributed by atoms with Gasteiger partial charge < -0.3 is 0 Å². The van der Waals surface area contributed by atoms with Crippen LogP contribution in [0.25, 0.3) is 0 Å². The van der Waals surface area contributed by atoms with Gasteiger partial charge in [0, 0.05) is 24.6 Å². The molecular formula is C20H23NO3S. The third-order valence-electron chi connectivity index (χ3n) is 4.72. The van der Waals surface area contributed by atoms with Crippen LogP contribution >= 0.6 is 0 Å². The highest BCUT2D eigenvalue weighted by Crippen LogP contribution is 2.28. The van der Waals surface area contributed by atoms with Gasteiger partial charge in [-0.3, -0.25) is 4.79 Å². The topological polar surface area (TPSA) is 54.5 Å². The Morgan fingerprint density at radius 2 is 1.72 bits per heavy atom. The van der Waals surface area contributed by atoms with Gasteiger partial charge in [-0.2, -0.15) is 4.31 Å². The molecule has 2 aromatic rings. The number of carbonyl (C=O) groups excluding carboxylic acids is 1. The molecule has 0 N–H and O–H groups in total. The number of hydrogen-bond acceptors (Lipinski definition) is 3. The van der Waals surface area contributed by atoms with E-state index in [0.717, 1.165) is 24.8 Å². The highest BCUT2D eigenvalue weighted by Gasteiger charge is 2.34. The van der Waals surface area contributed by atoms with Gasteiger partial charge in [0.2, 0.25) is 10.0 Å². The summed E-state index contributed by atoms with van der Waals surface area (Å²) in [6, 6.07) is 15.7. The van der Waals surface area contributed by atoms with Crippen molar-refractivity contribution in [1.29, 1.82) is 0 Å². The largest absolute Gasteiger partial charge is 0.294 e. The van der Waals surface area contributed by atoms with Crippen molar-refractivity contribution in [1.82, 2.24) is 4.31 Å². The summed E-state index contributed by atoms with van der Waals surface area (Å²) < 4.78 is 27.6. The van der Waals surface area contributed by atoms with Crippen LogP contribution in [0.4, 0.5) is 0 Å². The predicted molar refractivity (Wildman–Crippen MR) is 98.1 cm³/mol. The molecule has 2 aromatic carbocycles. The average Bonchev–Trinajstić information content (AvgIpc) is 2.63. The maximum atomic E-state index is 13.0. The second-order valence-electron chi connectivity index (χ2n) is 6.57. The van der Waals surface area contributed by atoms with Gasteiger partial charge in [-0.05, 0) is 31.9 Å². The number of benzene rings is 2. The molecule has 0 bridgehead atoms. The summed E-state index contributed by atoms with van der Waals surface area (Å²) in [4.78, 5) is 12.8. The van der Waals surface area contributed by atoms with E-state index in [4.69, 9.17) is 0 Å². The lowest BCUT2D eigenvalue weighted by Crippen LogP contribution is -2.44. The lowest BCUT2D eigenvalue weighted by molar-refractivity contribution is 0.0940. The maximum absolute atomic E-state index is 13.0. The number of carbonyl (C=O) groups is 1. The zero-order chi connectivity index (χ0) is 17.9. The fourth-order valence-corrected chi connectivity index (χ4v) is 4.99. The first kappa shape index (κ1) is 17.8. The van der Waals surface area contributed by atoms with Crippen LogP contribution in [0.3, 0.4) is 0 Å². The molecule has 1 unspecified atom stereocenters. The van der Waals surface area contributed by atoms with E-state index < -0.39 is 10.0 Å². The molecule has 1 atom stereocenters. The quantitative estimate of drug-likeness (QED) is 0.765. The Labute approximate surface area is 149 Å². The first-order valence-corrected chi connectivity index (χ1v) is 10.1. The molecule has 0 spiro atoms. The standard InChI is InChI=1S/C20H23NO3S/c1-16-10-12-19(13-11-16)25(23,24)21-14-6-5-9-18(21)15-20(22)17-7-3-2-4-8-17/h2-4,7-8,10-13,18H,5-6,9,14-15H2,1H3. The lowest BCUT2D eigenvalue weighted by atomic mass is 9.97. The first-order chi connectivity index (χ1) is 12.0. The molecule has 1 aliphatic heterocycles. The van der Waals surface area contributed by atoms with Crippen molar-refractivity contribution in [2.75, 3.05) is 6.54 Å². The number of sulfonamides is 1. The predicted octanol–water partition coefficient (Wildman–Crippen LogP) is 3.81. The Bertz CT molecular complexity index is 829. The molecule has 1 fully saturated rings. The lowest BCUT2D eigenvalue weighted by Gasteiger charge is -2.34. The van der Waals surface area contributed by atoms with Crippen LogP contribution in [-0.4, -0.2) is 31.1 Å². The van der Waals surface area contributed by atoms with Crippen molar-refractivity contribution in [3.63, 3.8) is 0 Å². The maximum Gasteiger partial charge on any atom is 0.243 e. The van der Waals surface area contributed by atoms with Crippen LogP contribution < -0.4 is 0 Å². The number of rotatable bonds is 5. The van der Waals surface area contributed by atoms with Crippen LogP contribution in [-0.2, 0) is 10.0 Å². The highest BCUT2D eigenvalue weighted by atomic mass is 32.2. The monoisotopic (exact) mass is 357 g/mol. The number of ketones is 1. The minimum absolute atomic E-state index is 0.00314. The molecule has 5 heteroatoms. The summed E-state index contributed by atoms with van der Waals surface area (Å²) >= 11 is 0. The highest BCUT2D eigenvalue weighted by molar-refractivity contribution is 7.89. The third kappa shape index (κ3) is 3.99. The molecule has 0 radical (unpaired) electrons. The third-order valence-corrected chi connectivity index (χ3v) is 6.68. The van der Waals surface area contributed by atoms with Gasteiger partial charge in [0.25, 0.3) is 0 Å². The van der Waals surface area contributed by atoms with Crippen LogP contribution in [0.2, 0.25) is 0 Å². The van der Waals surface area contributed by atoms with E-state index in [1.165, 1.54) is 4.31 Å². The van der Waals surface area contributed by atoms with Crippen molar-refractivity contribution >= 4 is 15.8 Å². The first-order valence-electron chi connectivity index (χ1n) is 8.65. The zero-order valence-electron chi connectivity index (χ0n) is 14.4. The molecule has 0 saturated carbocycles. The second-order valence-corrected chi connectivity index (χ2v) is 8.46. The van der Waals surface area contributed by atoms with Crippen LogP contribution in [0, 0.1) is 6.92 Å². The second kappa shape index (κ2) is 7.50. The van der Waals surface area contributed by atoms with E-state index in [1.54, 1.807) is 36.4 Å². The summed E-state index contributed by atoms with van der Waals surface area (Å²) in [5.41, 5.74) is 1.66. The Morgan fingerprint density at radius 3 is 2.40 bits per heavy atom. The van der Waals surface area contributed by atoms with E-state index >= 15 is 0 Å². The van der Waals surface area contributed by atoms with Gasteiger partial charge in [0.1, 0.15) is 0 Å². The van der Waals surface area contributed by atoms with Crippen LogP contribution in [0.15, 0.2) is 59.5 Å². The molecule has 4 nitrogen and oxygen atoms in total. The molecular weight excluding hydrogens is 334 g/mol. The van der Waals surface area contributed by atoms with Gasteiger partial charge in [-0.25, -0.2) is 8.42 Å². The van der Waals surface area contributed by atoms with E-state index in [-0.39, 0.29) is 18.2 Å². The fourth-order valence-electron chi connectivity index (χ4n) is 3.30. The number of nitrogens with zero attached hydrogens (tertiary/aromatic N) is 1. The smallest absolute Gasteiger partial charge is 0.243 e. The van der Waals surface area contributed by atoms with Gasteiger partial charge >= 0.3 is 0 Å². The summed E-state index contributed by atoms with van der Waals surface area (Å²) in [7, 11) is -3.57. The van der Waals surface area contributed by atoms with E-state index in [1.807, 2.05) is 25.1 Å². The van der Waals surface area contributed by atoms with Crippen molar-refractivity contribution < 1.29 is 13.2 Å². The van der Waals surface area contributed by atoms with E-state index in [9.17, 15) is 13.2 Å². The van der Waals surface area contributed by atoms with Crippen LogP contribution in [0.5, 0.6) is 0 Å². The number of hydrogen-bond donors (Lipinski definition) is 0. The Balaban J connectivity index is 1.83. The molecule has 0 aromatic heterocycles. The van der Waals surface area contributed by atoms with Crippen molar-refractivity contribution in [3.8, 4) is 0 Å². The van der Waals surface area contributed by atoms with E-state index in [0.29, 0.717) is 17.0 Å². The molecule has 1 saturated heterocycles. The molecule has 132 valence electrons. The Morgan fingerprint density at radius 1 is 1.04 bits per heavy atom. The number of piperidine rings is 1. The summed E-state index contributed by atoms with van der Waals surface area (Å²) in [6.07, 6.45) is 2.74. The summed E-state index contributed by atoms with van der Waals surface area (Å²) in [5, 5.41) is 0. The molecule has 3 rings (SSSR count). The van der Waals surface area contributed by atoms with Crippen molar-refractivity contribution in [3.05, 3.63) is 65.7 Å². The minimum Gasteiger partial charge on any atom is -0.294 e. The number of aryl methyl sites for hydroxylation is 1. The van der Waals surface area contributed by atoms with Gasteiger partial charge in [0.15, 0.2) is 5.78 Å². The number of Topliss-reactive ketones (excluding diaryl/α,β-unsaturated/α-hetero) is 1. The minimum atomic E-state index is -3.57. The Kier molecular flexibility index (Phi) is 5.35. The van der Waals surface area contributed by atoms with Gasteiger partial charge in [-0.15, -0.1) is 0 Å². The van der Waals surface area contributed by atoms with Crippen LogP contribution in [0.1, 0.15) is 41.6 Å². The molecule has 25 heavy (non-hydrogen) atoms. The zero-order valence-corrected chi connectivity index (χ0v) is 15.2. The molecule has 0 amide bonds. The fraction of sp³-hybridized carbons (Fsp3) is 0.350. The normalized spacial score (nSPS) is 18.8. The average molecular weight is 357 g/mol. The SMILES string of the molecule is Cc1ccc(S(=O)(=O)N2CCCCC2CC(=O)c2ccccc2)cc1. The summed E-state index contributed by atoms with van der Waals surface area (Å²) in [5.74, 6) is -0.00314. The van der Waals surface area contributed by atoms with Crippen molar-refractivity contribution in [2.24, 2.45) is 0 Å².